The third kappa shape index (κ3) is 4.89. The van der Waals surface area contributed by atoms with Crippen molar-refractivity contribution in [2.45, 2.75) is 33.2 Å². The normalized spacial score (nSPS) is 12.1. The third-order valence-electron chi connectivity index (χ3n) is 2.35. The molecule has 1 aromatic carbocycles. The van der Waals surface area contributed by atoms with Gasteiger partial charge in [-0.1, -0.05) is 28.8 Å². The maximum Gasteiger partial charge on any atom is 0.141 e. The van der Waals surface area contributed by atoms with Crippen molar-refractivity contribution in [1.29, 1.82) is 0 Å². The van der Waals surface area contributed by atoms with Crippen LogP contribution in [0.3, 0.4) is 0 Å². The van der Waals surface area contributed by atoms with Crippen LogP contribution in [0.15, 0.2) is 23.8 Å². The van der Waals surface area contributed by atoms with Gasteiger partial charge in [0.25, 0.3) is 0 Å². The van der Waals surface area contributed by atoms with Crippen molar-refractivity contribution in [1.82, 2.24) is 0 Å². The van der Waals surface area contributed by atoms with E-state index >= 15 is 0 Å². The van der Waals surface area contributed by atoms with Gasteiger partial charge in [0, 0.05) is 11.1 Å². The van der Waals surface area contributed by atoms with Crippen molar-refractivity contribution in [3.63, 3.8) is 0 Å². The van der Waals surface area contributed by atoms with Crippen LogP contribution in [-0.4, -0.2) is 12.6 Å². The highest BCUT2D eigenvalue weighted by Gasteiger charge is 2.12. The Balaban J connectivity index is 2.96. The molecular weight excluding hydrogens is 269 g/mol. The first-order valence-electron chi connectivity index (χ1n) is 5.89. The summed E-state index contributed by atoms with van der Waals surface area (Å²) in [6, 6.07) is 3.57. The average Bonchev–Trinajstić information content (AvgIpc) is 2.20. The second kappa shape index (κ2) is 7.03. The minimum Gasteiger partial charge on any atom is -0.488 e. The first kappa shape index (κ1) is 15.4. The number of nitrogens with two attached hydrogens (primary N) is 1. The van der Waals surface area contributed by atoms with Crippen molar-refractivity contribution < 1.29 is 4.74 Å². The Morgan fingerprint density at radius 3 is 2.61 bits per heavy atom. The van der Waals surface area contributed by atoms with Crippen LogP contribution in [-0.2, 0) is 6.42 Å². The maximum atomic E-state index is 6.16. The molecule has 18 heavy (non-hydrogen) atoms. The van der Waals surface area contributed by atoms with Crippen LogP contribution in [0.4, 0.5) is 0 Å². The summed E-state index contributed by atoms with van der Waals surface area (Å²) in [5, 5.41) is 1.13. The van der Waals surface area contributed by atoms with Crippen LogP contribution in [0.2, 0.25) is 10.0 Å². The van der Waals surface area contributed by atoms with Crippen LogP contribution in [0, 0.1) is 0 Å². The van der Waals surface area contributed by atoms with Crippen LogP contribution in [0.5, 0.6) is 5.75 Å². The molecule has 0 spiro atoms. The number of rotatable bonds is 5. The minimum atomic E-state index is 0.0327. The van der Waals surface area contributed by atoms with Gasteiger partial charge in [-0.15, -0.1) is 0 Å². The highest BCUT2D eigenvalue weighted by atomic mass is 35.5. The Hall–Kier alpha value is -0.700. The fourth-order valence-electron chi connectivity index (χ4n) is 1.57. The molecule has 1 rings (SSSR count). The lowest BCUT2D eigenvalue weighted by Gasteiger charge is -2.14. The lowest BCUT2D eigenvalue weighted by molar-refractivity contribution is 0.357. The zero-order valence-electron chi connectivity index (χ0n) is 11.0. The topological polar surface area (TPSA) is 35.2 Å². The molecule has 0 aliphatic heterocycles. The molecule has 1 unspecified atom stereocenters. The smallest absolute Gasteiger partial charge is 0.141 e. The predicted molar refractivity (Wildman–Crippen MR) is 78.7 cm³/mol. The van der Waals surface area contributed by atoms with Gasteiger partial charge >= 0.3 is 0 Å². The van der Waals surface area contributed by atoms with Gasteiger partial charge in [0.1, 0.15) is 12.4 Å². The summed E-state index contributed by atoms with van der Waals surface area (Å²) in [6.07, 6.45) is 2.69. The molecule has 1 aromatic rings. The van der Waals surface area contributed by atoms with E-state index < -0.39 is 0 Å². The van der Waals surface area contributed by atoms with Crippen molar-refractivity contribution in [3.8, 4) is 5.75 Å². The molecule has 1 atom stereocenters. The summed E-state index contributed by atoms with van der Waals surface area (Å²) in [6.45, 7) is 6.48. The van der Waals surface area contributed by atoms with Gasteiger partial charge in [0.05, 0.1) is 5.02 Å². The van der Waals surface area contributed by atoms with Gasteiger partial charge in [0.15, 0.2) is 0 Å². The van der Waals surface area contributed by atoms with Gasteiger partial charge in [-0.05, 0) is 51.0 Å². The highest BCUT2D eigenvalue weighted by Crippen LogP contribution is 2.33. The number of hydrogen-bond donors (Lipinski definition) is 1. The Morgan fingerprint density at radius 1 is 1.39 bits per heavy atom. The summed E-state index contributed by atoms with van der Waals surface area (Å²) < 4.78 is 5.71. The number of benzene rings is 1. The van der Waals surface area contributed by atoms with Gasteiger partial charge < -0.3 is 10.5 Å². The monoisotopic (exact) mass is 287 g/mol. The summed E-state index contributed by atoms with van der Waals surface area (Å²) >= 11 is 12.2. The highest BCUT2D eigenvalue weighted by molar-refractivity contribution is 6.35. The standard InChI is InChI=1S/C14H19Cl2NO/c1-9(2)4-5-18-14-11(6-10(3)17)7-12(15)8-13(14)16/h4,7-8,10H,5-6,17H2,1-3H3. The molecule has 0 saturated carbocycles. The van der Waals surface area contributed by atoms with E-state index in [1.807, 2.05) is 32.9 Å². The largest absolute Gasteiger partial charge is 0.488 e. The molecule has 4 heteroatoms. The maximum absolute atomic E-state index is 6.16. The predicted octanol–water partition coefficient (Wildman–Crippen LogP) is 4.23. The number of hydrogen-bond acceptors (Lipinski definition) is 2. The summed E-state index contributed by atoms with van der Waals surface area (Å²) in [5.41, 5.74) is 7.97. The Morgan fingerprint density at radius 2 is 2.06 bits per heavy atom. The second-order valence-corrected chi connectivity index (χ2v) is 5.49. The molecule has 0 fully saturated rings. The lowest BCUT2D eigenvalue weighted by atomic mass is 10.1. The van der Waals surface area contributed by atoms with E-state index in [0.29, 0.717) is 28.8 Å². The van der Waals surface area contributed by atoms with Crippen LogP contribution in [0.25, 0.3) is 0 Å². The van der Waals surface area contributed by atoms with E-state index in [1.165, 1.54) is 5.57 Å². The fourth-order valence-corrected chi connectivity index (χ4v) is 2.16. The van der Waals surface area contributed by atoms with Gasteiger partial charge in [-0.3, -0.25) is 0 Å². The van der Waals surface area contributed by atoms with Crippen LogP contribution >= 0.6 is 23.2 Å². The SMILES string of the molecule is CC(C)=CCOc1c(Cl)cc(Cl)cc1CC(C)N. The average molecular weight is 288 g/mol. The molecule has 0 aromatic heterocycles. The van der Waals surface area contributed by atoms with E-state index in [1.54, 1.807) is 6.07 Å². The second-order valence-electron chi connectivity index (χ2n) is 4.65. The number of ether oxygens (including phenoxy) is 1. The number of halogens is 2. The van der Waals surface area contributed by atoms with E-state index in [2.05, 4.69) is 0 Å². The quantitative estimate of drug-likeness (QED) is 0.823. The zero-order valence-corrected chi connectivity index (χ0v) is 12.5. The summed E-state index contributed by atoms with van der Waals surface area (Å²) in [7, 11) is 0. The molecule has 0 bridgehead atoms. The van der Waals surface area contributed by atoms with Crippen molar-refractivity contribution >= 4 is 23.2 Å². The first-order valence-corrected chi connectivity index (χ1v) is 6.65. The first-order chi connectivity index (χ1) is 8.40. The zero-order chi connectivity index (χ0) is 13.7. The van der Waals surface area contributed by atoms with Crippen LogP contribution in [0.1, 0.15) is 26.3 Å². The van der Waals surface area contributed by atoms with Gasteiger partial charge in [-0.2, -0.15) is 0 Å². The Kier molecular flexibility index (Phi) is 6.00. The molecular formula is C14H19Cl2NO. The molecule has 0 heterocycles. The van der Waals surface area contributed by atoms with Crippen LogP contribution < -0.4 is 10.5 Å². The van der Waals surface area contributed by atoms with Crippen molar-refractivity contribution in [3.05, 3.63) is 39.4 Å². The van der Waals surface area contributed by atoms with Gasteiger partial charge in [0.2, 0.25) is 0 Å². The summed E-state index contributed by atoms with van der Waals surface area (Å²) in [5.74, 6) is 0.677. The number of allylic oxidation sites excluding steroid dienone is 1. The molecule has 2 N–H and O–H groups in total. The summed E-state index contributed by atoms with van der Waals surface area (Å²) in [4.78, 5) is 0. The molecule has 0 saturated heterocycles. The minimum absolute atomic E-state index is 0.0327. The molecule has 0 amide bonds. The van der Waals surface area contributed by atoms with Gasteiger partial charge in [-0.25, -0.2) is 0 Å². The van der Waals surface area contributed by atoms with E-state index in [9.17, 15) is 0 Å². The van der Waals surface area contributed by atoms with E-state index in [4.69, 9.17) is 33.7 Å². The third-order valence-corrected chi connectivity index (χ3v) is 2.85. The lowest BCUT2D eigenvalue weighted by Crippen LogP contribution is -2.18. The molecule has 0 aliphatic rings. The molecule has 100 valence electrons. The Bertz CT molecular complexity index is 438. The molecule has 2 nitrogen and oxygen atoms in total. The van der Waals surface area contributed by atoms with E-state index in [-0.39, 0.29) is 6.04 Å². The molecule has 0 radical (unpaired) electrons. The van der Waals surface area contributed by atoms with E-state index in [0.717, 1.165) is 5.56 Å². The fraction of sp³-hybridized carbons (Fsp3) is 0.429. The molecule has 0 aliphatic carbocycles. The van der Waals surface area contributed by atoms with Crippen molar-refractivity contribution in [2.75, 3.05) is 6.61 Å². The Labute approximate surface area is 119 Å². The van der Waals surface area contributed by atoms with Crippen molar-refractivity contribution in [2.24, 2.45) is 5.73 Å².